The minimum absolute atomic E-state index is 0.166. The van der Waals surface area contributed by atoms with Gasteiger partial charge >= 0.3 is 12.1 Å². The third kappa shape index (κ3) is 4.46. The third-order valence-electron chi connectivity index (χ3n) is 2.39. The van der Waals surface area contributed by atoms with Crippen LogP contribution in [0.2, 0.25) is 0 Å². The van der Waals surface area contributed by atoms with Crippen molar-refractivity contribution in [2.24, 2.45) is 0 Å². The van der Waals surface area contributed by atoms with Gasteiger partial charge in [0.1, 0.15) is 5.60 Å². The highest BCUT2D eigenvalue weighted by atomic mass is 16.6. The first-order valence-electron chi connectivity index (χ1n) is 5.70. The van der Waals surface area contributed by atoms with Crippen LogP contribution >= 0.6 is 0 Å². The lowest BCUT2D eigenvalue weighted by Crippen LogP contribution is -2.39. The molecule has 1 saturated heterocycles. The van der Waals surface area contributed by atoms with Crippen molar-refractivity contribution in [2.75, 3.05) is 6.54 Å². The Hall–Kier alpha value is -1.52. The summed E-state index contributed by atoms with van der Waals surface area (Å²) in [4.78, 5) is 23.9. The van der Waals surface area contributed by atoms with Gasteiger partial charge in [0, 0.05) is 12.6 Å². The first-order chi connectivity index (χ1) is 7.79. The summed E-state index contributed by atoms with van der Waals surface area (Å²) in [7, 11) is 0. The van der Waals surface area contributed by atoms with Crippen molar-refractivity contribution in [2.45, 2.75) is 45.3 Å². The van der Waals surface area contributed by atoms with Crippen molar-refractivity contribution in [3.05, 3.63) is 12.2 Å². The second-order valence-electron chi connectivity index (χ2n) is 5.08. The zero-order valence-electron chi connectivity index (χ0n) is 10.5. The molecule has 1 amide bonds. The summed E-state index contributed by atoms with van der Waals surface area (Å²) in [6.45, 7) is 6.04. The van der Waals surface area contributed by atoms with Crippen molar-refractivity contribution in [3.8, 4) is 0 Å². The van der Waals surface area contributed by atoms with Gasteiger partial charge in [-0.15, -0.1) is 0 Å². The SMILES string of the molecule is CC(C)(C)OC(=O)N1CCC[C@@H]1/C=C/C(=O)O. The van der Waals surface area contributed by atoms with Crippen LogP contribution in [0.15, 0.2) is 12.2 Å². The molecule has 0 saturated carbocycles. The molecule has 0 aromatic rings. The number of hydrogen-bond donors (Lipinski definition) is 1. The molecule has 1 atom stereocenters. The maximum absolute atomic E-state index is 11.8. The summed E-state index contributed by atoms with van der Waals surface area (Å²) in [6.07, 6.45) is 3.89. The largest absolute Gasteiger partial charge is 0.478 e. The average molecular weight is 241 g/mol. The molecular weight excluding hydrogens is 222 g/mol. The number of carboxylic acids is 1. The van der Waals surface area contributed by atoms with Crippen molar-refractivity contribution >= 4 is 12.1 Å². The Morgan fingerprint density at radius 3 is 2.59 bits per heavy atom. The van der Waals surface area contributed by atoms with Gasteiger partial charge in [-0.2, -0.15) is 0 Å². The van der Waals surface area contributed by atoms with Crippen LogP contribution in [0, 0.1) is 0 Å². The van der Waals surface area contributed by atoms with Gasteiger partial charge in [-0.3, -0.25) is 0 Å². The fourth-order valence-corrected chi connectivity index (χ4v) is 1.73. The molecule has 0 radical (unpaired) electrons. The van der Waals surface area contributed by atoms with E-state index in [2.05, 4.69) is 0 Å². The molecule has 5 heteroatoms. The van der Waals surface area contributed by atoms with E-state index in [1.165, 1.54) is 0 Å². The zero-order chi connectivity index (χ0) is 13.1. The Kier molecular flexibility index (Phi) is 4.15. The summed E-state index contributed by atoms with van der Waals surface area (Å²) in [5.74, 6) is -0.999. The fraction of sp³-hybridized carbons (Fsp3) is 0.667. The summed E-state index contributed by atoms with van der Waals surface area (Å²) in [5, 5.41) is 8.56. The predicted molar refractivity (Wildman–Crippen MR) is 62.7 cm³/mol. The molecule has 0 aliphatic carbocycles. The van der Waals surface area contributed by atoms with E-state index >= 15 is 0 Å². The van der Waals surface area contributed by atoms with E-state index in [0.717, 1.165) is 18.9 Å². The monoisotopic (exact) mass is 241 g/mol. The average Bonchev–Trinajstić information content (AvgIpc) is 2.59. The van der Waals surface area contributed by atoms with Crippen LogP contribution in [0.5, 0.6) is 0 Å². The maximum Gasteiger partial charge on any atom is 0.410 e. The third-order valence-corrected chi connectivity index (χ3v) is 2.39. The van der Waals surface area contributed by atoms with Crippen molar-refractivity contribution in [1.82, 2.24) is 4.90 Å². The van der Waals surface area contributed by atoms with Gasteiger partial charge in [0.25, 0.3) is 0 Å². The zero-order valence-corrected chi connectivity index (χ0v) is 10.5. The molecule has 0 aromatic heterocycles. The molecule has 0 bridgehead atoms. The number of likely N-dealkylation sites (tertiary alicyclic amines) is 1. The van der Waals surface area contributed by atoms with Crippen LogP contribution in [0.1, 0.15) is 33.6 Å². The Labute approximate surface area is 101 Å². The van der Waals surface area contributed by atoms with Gasteiger partial charge in [-0.05, 0) is 33.6 Å². The number of rotatable bonds is 2. The van der Waals surface area contributed by atoms with Crippen molar-refractivity contribution in [3.63, 3.8) is 0 Å². The summed E-state index contributed by atoms with van der Waals surface area (Å²) in [6, 6.07) is -0.166. The lowest BCUT2D eigenvalue weighted by molar-refractivity contribution is -0.131. The van der Waals surface area contributed by atoms with Crippen molar-refractivity contribution < 1.29 is 19.4 Å². The highest BCUT2D eigenvalue weighted by Crippen LogP contribution is 2.21. The number of amides is 1. The first-order valence-corrected chi connectivity index (χ1v) is 5.70. The van der Waals surface area contributed by atoms with Gasteiger partial charge in [-0.1, -0.05) is 6.08 Å². The van der Waals surface area contributed by atoms with E-state index in [9.17, 15) is 9.59 Å². The second kappa shape index (κ2) is 5.21. The molecule has 1 heterocycles. The normalized spacial score (nSPS) is 20.9. The highest BCUT2D eigenvalue weighted by molar-refractivity contribution is 5.80. The van der Waals surface area contributed by atoms with Crippen LogP contribution in [0.3, 0.4) is 0 Å². The lowest BCUT2D eigenvalue weighted by atomic mass is 10.2. The maximum atomic E-state index is 11.8. The number of aliphatic carboxylic acids is 1. The molecule has 0 spiro atoms. The number of carbonyl (C=O) groups excluding carboxylic acids is 1. The highest BCUT2D eigenvalue weighted by Gasteiger charge is 2.30. The fourth-order valence-electron chi connectivity index (χ4n) is 1.73. The van der Waals surface area contributed by atoms with E-state index in [-0.39, 0.29) is 12.1 Å². The number of carboxylic acid groups (broad SMARTS) is 1. The standard InChI is InChI=1S/C12H19NO4/c1-12(2,3)17-11(16)13-8-4-5-9(13)6-7-10(14)15/h6-7,9H,4-5,8H2,1-3H3,(H,14,15)/b7-6+/t9-/m1/s1. The van der Waals surface area contributed by atoms with E-state index in [0.29, 0.717) is 6.54 Å². The number of nitrogens with zero attached hydrogens (tertiary/aromatic N) is 1. The molecule has 1 rings (SSSR count). The number of hydrogen-bond acceptors (Lipinski definition) is 3. The smallest absolute Gasteiger partial charge is 0.410 e. The van der Waals surface area contributed by atoms with Gasteiger partial charge in [0.05, 0.1) is 6.04 Å². The Bertz CT molecular complexity index is 330. The summed E-state index contributed by atoms with van der Waals surface area (Å²) in [5.41, 5.74) is -0.527. The van der Waals surface area contributed by atoms with Gasteiger partial charge in [0.2, 0.25) is 0 Å². The van der Waals surface area contributed by atoms with Crippen molar-refractivity contribution in [1.29, 1.82) is 0 Å². The molecular formula is C12H19NO4. The molecule has 17 heavy (non-hydrogen) atoms. The molecule has 0 unspecified atom stereocenters. The molecule has 1 N–H and O–H groups in total. The van der Waals surface area contributed by atoms with Crippen LogP contribution in [0.4, 0.5) is 4.79 Å². The van der Waals surface area contributed by atoms with Gasteiger partial charge in [0.15, 0.2) is 0 Å². The lowest BCUT2D eigenvalue weighted by Gasteiger charge is -2.27. The number of carbonyl (C=O) groups is 2. The predicted octanol–water partition coefficient (Wildman–Crippen LogP) is 2.03. The molecule has 5 nitrogen and oxygen atoms in total. The quantitative estimate of drug-likeness (QED) is 0.751. The Morgan fingerprint density at radius 2 is 2.06 bits per heavy atom. The minimum atomic E-state index is -0.999. The van der Waals surface area contributed by atoms with Crippen LogP contribution in [-0.2, 0) is 9.53 Å². The van der Waals surface area contributed by atoms with Crippen LogP contribution in [0.25, 0.3) is 0 Å². The molecule has 1 aliphatic heterocycles. The van der Waals surface area contributed by atoms with Crippen LogP contribution < -0.4 is 0 Å². The summed E-state index contributed by atoms with van der Waals surface area (Å²) >= 11 is 0. The van der Waals surface area contributed by atoms with E-state index in [1.807, 2.05) is 20.8 Å². The number of ether oxygens (including phenoxy) is 1. The van der Waals surface area contributed by atoms with Gasteiger partial charge in [-0.25, -0.2) is 9.59 Å². The Balaban J connectivity index is 2.63. The van der Waals surface area contributed by atoms with E-state index < -0.39 is 11.6 Å². The van der Waals surface area contributed by atoms with E-state index in [1.54, 1.807) is 11.0 Å². The van der Waals surface area contributed by atoms with Crippen LogP contribution in [-0.4, -0.2) is 40.3 Å². The molecule has 1 fully saturated rings. The molecule has 96 valence electrons. The molecule has 0 aromatic carbocycles. The molecule has 1 aliphatic rings. The van der Waals surface area contributed by atoms with E-state index in [4.69, 9.17) is 9.84 Å². The summed E-state index contributed by atoms with van der Waals surface area (Å²) < 4.78 is 5.26. The Morgan fingerprint density at radius 1 is 1.41 bits per heavy atom. The second-order valence-corrected chi connectivity index (χ2v) is 5.08. The first kappa shape index (κ1) is 13.5. The minimum Gasteiger partial charge on any atom is -0.478 e. The topological polar surface area (TPSA) is 66.8 Å². The van der Waals surface area contributed by atoms with Gasteiger partial charge < -0.3 is 14.7 Å².